The number of carbonyl (C=O) groups is 2. The van der Waals surface area contributed by atoms with Crippen LogP contribution in [0.5, 0.6) is 0 Å². The molecule has 27 heavy (non-hydrogen) atoms. The molecule has 0 aromatic heterocycles. The number of aliphatic carboxylic acids is 1. The number of hydrogen-bond acceptors (Lipinski definition) is 4. The Morgan fingerprint density at radius 1 is 1.11 bits per heavy atom. The van der Waals surface area contributed by atoms with Crippen molar-refractivity contribution in [3.8, 4) is 0 Å². The minimum absolute atomic E-state index is 0.0403. The molecular formula is C19H26N2O5S. The molecule has 0 unspecified atom stereocenters. The number of carbonyl (C=O) groups excluding carboxylic acids is 1. The number of carboxylic acid groups (broad SMARTS) is 1. The average Bonchev–Trinajstić information content (AvgIpc) is 3.30. The summed E-state index contributed by atoms with van der Waals surface area (Å²) in [5.41, 5.74) is 0.894. The second kappa shape index (κ2) is 7.98. The topological polar surface area (TPSA) is 95.0 Å². The minimum atomic E-state index is -3.42. The summed E-state index contributed by atoms with van der Waals surface area (Å²) in [6.45, 7) is 3.74. The summed E-state index contributed by atoms with van der Waals surface area (Å²) >= 11 is 0. The van der Waals surface area contributed by atoms with Crippen molar-refractivity contribution in [3.05, 3.63) is 29.8 Å². The monoisotopic (exact) mass is 394 g/mol. The second-order valence-corrected chi connectivity index (χ2v) is 9.41. The number of amides is 1. The van der Waals surface area contributed by atoms with Crippen LogP contribution in [-0.2, 0) is 26.0 Å². The van der Waals surface area contributed by atoms with Gasteiger partial charge in [0.05, 0.1) is 10.8 Å². The van der Waals surface area contributed by atoms with Gasteiger partial charge in [-0.05, 0) is 42.9 Å². The molecule has 1 aromatic carbocycles. The highest BCUT2D eigenvalue weighted by molar-refractivity contribution is 7.89. The van der Waals surface area contributed by atoms with Gasteiger partial charge in [0.15, 0.2) is 0 Å². The van der Waals surface area contributed by atoms with Crippen molar-refractivity contribution in [2.24, 2.45) is 11.8 Å². The highest BCUT2D eigenvalue weighted by Crippen LogP contribution is 2.24. The molecule has 0 bridgehead atoms. The van der Waals surface area contributed by atoms with Crippen molar-refractivity contribution in [2.75, 3.05) is 26.2 Å². The fraction of sp³-hybridized carbons (Fsp3) is 0.579. The van der Waals surface area contributed by atoms with Crippen LogP contribution in [0.4, 0.5) is 0 Å². The maximum absolute atomic E-state index is 12.5. The van der Waals surface area contributed by atoms with Gasteiger partial charge in [-0.25, -0.2) is 8.42 Å². The number of aryl methyl sites for hydroxylation is 1. The molecule has 0 spiro atoms. The van der Waals surface area contributed by atoms with E-state index in [1.807, 2.05) is 6.92 Å². The predicted octanol–water partition coefficient (Wildman–Crippen LogP) is 1.58. The zero-order valence-electron chi connectivity index (χ0n) is 15.5. The third kappa shape index (κ3) is 4.32. The fourth-order valence-electron chi connectivity index (χ4n) is 3.81. The van der Waals surface area contributed by atoms with Gasteiger partial charge in [-0.1, -0.05) is 19.1 Å². The summed E-state index contributed by atoms with van der Waals surface area (Å²) in [4.78, 5) is 25.4. The van der Waals surface area contributed by atoms with Gasteiger partial charge in [-0.15, -0.1) is 0 Å². The molecule has 1 N–H and O–H groups in total. The van der Waals surface area contributed by atoms with Crippen LogP contribution in [0.3, 0.4) is 0 Å². The van der Waals surface area contributed by atoms with Crippen molar-refractivity contribution in [2.45, 2.75) is 37.5 Å². The van der Waals surface area contributed by atoms with Gasteiger partial charge in [-0.3, -0.25) is 9.59 Å². The van der Waals surface area contributed by atoms with Gasteiger partial charge >= 0.3 is 5.97 Å². The minimum Gasteiger partial charge on any atom is -0.481 e. The summed E-state index contributed by atoms with van der Waals surface area (Å²) in [7, 11) is -3.42. The normalized spacial score (nSPS) is 23.7. The standard InChI is InChI=1S/C19H26N2O5S/c1-14-12-20(13-17(14)19(23)24)18(22)9-6-15-4-7-16(8-5-15)27(25,26)21-10-2-3-11-21/h4-5,7-8,14,17H,2-3,6,9-13H2,1H3,(H,23,24)/t14-,17-/m1/s1. The quantitative estimate of drug-likeness (QED) is 0.790. The Kier molecular flexibility index (Phi) is 5.86. The Hall–Kier alpha value is -1.93. The van der Waals surface area contributed by atoms with E-state index in [9.17, 15) is 23.1 Å². The number of likely N-dealkylation sites (tertiary alicyclic amines) is 1. The molecule has 2 aliphatic rings. The molecule has 1 amide bonds. The molecule has 3 rings (SSSR count). The van der Waals surface area contributed by atoms with E-state index in [1.165, 1.54) is 4.31 Å². The van der Waals surface area contributed by atoms with Gasteiger partial charge in [0.1, 0.15) is 0 Å². The lowest BCUT2D eigenvalue weighted by Crippen LogP contribution is -2.30. The van der Waals surface area contributed by atoms with Crippen molar-refractivity contribution in [1.82, 2.24) is 9.21 Å². The molecule has 2 aliphatic heterocycles. The van der Waals surface area contributed by atoms with Gasteiger partial charge in [0, 0.05) is 32.6 Å². The summed E-state index contributed by atoms with van der Waals surface area (Å²) < 4.78 is 26.6. The van der Waals surface area contributed by atoms with E-state index in [0.29, 0.717) is 26.1 Å². The van der Waals surface area contributed by atoms with Gasteiger partial charge in [-0.2, -0.15) is 4.31 Å². The molecule has 7 nitrogen and oxygen atoms in total. The summed E-state index contributed by atoms with van der Waals surface area (Å²) in [5.74, 6) is -1.45. The van der Waals surface area contributed by atoms with Crippen molar-refractivity contribution < 1.29 is 23.1 Å². The van der Waals surface area contributed by atoms with Gasteiger partial charge in [0.25, 0.3) is 0 Å². The average molecular weight is 394 g/mol. The highest BCUT2D eigenvalue weighted by atomic mass is 32.2. The fourth-order valence-corrected chi connectivity index (χ4v) is 5.32. The number of rotatable bonds is 6. The van der Waals surface area contributed by atoms with Crippen LogP contribution in [0.15, 0.2) is 29.2 Å². The summed E-state index contributed by atoms with van der Waals surface area (Å²) in [5, 5.41) is 9.17. The van der Waals surface area contributed by atoms with Crippen LogP contribution in [0.25, 0.3) is 0 Å². The predicted molar refractivity (Wildman–Crippen MR) is 99.6 cm³/mol. The molecule has 1 aromatic rings. The molecule has 2 saturated heterocycles. The van der Waals surface area contributed by atoms with Crippen LogP contribution in [-0.4, -0.2) is 60.8 Å². The van der Waals surface area contributed by atoms with Crippen molar-refractivity contribution in [1.29, 1.82) is 0 Å². The van der Waals surface area contributed by atoms with E-state index >= 15 is 0 Å². The van der Waals surface area contributed by atoms with Crippen molar-refractivity contribution >= 4 is 21.9 Å². The third-order valence-electron chi connectivity index (χ3n) is 5.54. The lowest BCUT2D eigenvalue weighted by Gasteiger charge is -2.17. The van der Waals surface area contributed by atoms with Crippen LogP contribution >= 0.6 is 0 Å². The molecular weight excluding hydrogens is 368 g/mol. The Morgan fingerprint density at radius 3 is 2.30 bits per heavy atom. The first-order valence-corrected chi connectivity index (χ1v) is 10.8. The molecule has 0 aliphatic carbocycles. The Labute approximate surface area is 160 Å². The number of nitrogens with zero attached hydrogens (tertiary/aromatic N) is 2. The SMILES string of the molecule is C[C@@H]1CN(C(=O)CCc2ccc(S(=O)(=O)N3CCCC3)cc2)C[C@H]1C(=O)O. The highest BCUT2D eigenvalue weighted by Gasteiger charge is 2.36. The number of hydrogen-bond donors (Lipinski definition) is 1. The summed E-state index contributed by atoms with van der Waals surface area (Å²) in [6, 6.07) is 6.71. The molecule has 2 atom stereocenters. The Balaban J connectivity index is 1.56. The van der Waals surface area contributed by atoms with Gasteiger partial charge < -0.3 is 10.0 Å². The smallest absolute Gasteiger partial charge is 0.308 e. The number of carboxylic acids is 1. The van der Waals surface area contributed by atoms with Crippen molar-refractivity contribution in [3.63, 3.8) is 0 Å². The first-order chi connectivity index (χ1) is 12.8. The molecule has 0 saturated carbocycles. The first-order valence-electron chi connectivity index (χ1n) is 9.38. The zero-order valence-corrected chi connectivity index (χ0v) is 16.3. The van der Waals surface area contributed by atoms with E-state index in [-0.39, 0.29) is 29.7 Å². The molecule has 8 heteroatoms. The van der Waals surface area contributed by atoms with E-state index in [4.69, 9.17) is 0 Å². The van der Waals surface area contributed by atoms with E-state index < -0.39 is 21.9 Å². The van der Waals surface area contributed by atoms with E-state index in [0.717, 1.165) is 18.4 Å². The second-order valence-electron chi connectivity index (χ2n) is 7.48. The largest absolute Gasteiger partial charge is 0.481 e. The Bertz CT molecular complexity index is 800. The van der Waals surface area contributed by atoms with Crippen LogP contribution < -0.4 is 0 Å². The lowest BCUT2D eigenvalue weighted by molar-refractivity contribution is -0.142. The summed E-state index contributed by atoms with van der Waals surface area (Å²) in [6.07, 6.45) is 2.59. The Morgan fingerprint density at radius 2 is 1.74 bits per heavy atom. The zero-order chi connectivity index (χ0) is 19.6. The molecule has 2 fully saturated rings. The maximum atomic E-state index is 12.5. The number of benzene rings is 1. The molecule has 148 valence electrons. The van der Waals surface area contributed by atoms with Crippen LogP contribution in [0.1, 0.15) is 31.7 Å². The number of sulfonamides is 1. The third-order valence-corrected chi connectivity index (χ3v) is 7.45. The van der Waals surface area contributed by atoms with E-state index in [2.05, 4.69) is 0 Å². The van der Waals surface area contributed by atoms with E-state index in [1.54, 1.807) is 29.2 Å². The van der Waals surface area contributed by atoms with Crippen LogP contribution in [0, 0.1) is 11.8 Å². The van der Waals surface area contributed by atoms with Gasteiger partial charge in [0.2, 0.25) is 15.9 Å². The molecule has 2 heterocycles. The maximum Gasteiger partial charge on any atom is 0.308 e. The molecule has 0 radical (unpaired) electrons. The van der Waals surface area contributed by atoms with Crippen LogP contribution in [0.2, 0.25) is 0 Å². The lowest BCUT2D eigenvalue weighted by atomic mass is 9.99. The first kappa shape index (κ1) is 19.8.